The summed E-state index contributed by atoms with van der Waals surface area (Å²) in [5, 5.41) is 2.74. The van der Waals surface area contributed by atoms with Gasteiger partial charge in [-0.3, -0.25) is 4.79 Å². The largest absolute Gasteiger partial charge is 0.307 e. The van der Waals surface area contributed by atoms with E-state index in [1.54, 1.807) is 20.0 Å². The maximum Gasteiger partial charge on any atom is 0.256 e. The van der Waals surface area contributed by atoms with Crippen molar-refractivity contribution in [2.75, 3.05) is 26.5 Å². The lowest BCUT2D eigenvalue weighted by Gasteiger charge is -2.21. The Morgan fingerprint density at radius 2 is 1.74 bits per heavy atom. The molecule has 1 heterocycles. The van der Waals surface area contributed by atoms with E-state index in [4.69, 9.17) is 0 Å². The van der Waals surface area contributed by atoms with Gasteiger partial charge < -0.3 is 10.2 Å². The second kappa shape index (κ2) is 8.60. The molecule has 0 radical (unpaired) electrons. The number of hydrogen-bond donors (Lipinski definition) is 1. The van der Waals surface area contributed by atoms with Crippen molar-refractivity contribution in [1.29, 1.82) is 0 Å². The monoisotopic (exact) mass is 390 g/mol. The number of nitrogens with one attached hydrogen (secondary N) is 1. The second-order valence-corrected chi connectivity index (χ2v) is 8.88. The van der Waals surface area contributed by atoms with E-state index in [9.17, 15) is 13.2 Å². The molecular weight excluding hydrogens is 364 g/mol. The fourth-order valence-corrected chi connectivity index (χ4v) is 3.78. The van der Waals surface area contributed by atoms with Crippen molar-refractivity contribution in [3.8, 4) is 0 Å². The van der Waals surface area contributed by atoms with E-state index in [2.05, 4.69) is 10.3 Å². The Kier molecular flexibility index (Phi) is 6.69. The molecule has 0 aliphatic heterocycles. The molecule has 1 aromatic heterocycles. The average molecular weight is 391 g/mol. The summed E-state index contributed by atoms with van der Waals surface area (Å²) >= 11 is 0. The highest BCUT2D eigenvalue weighted by molar-refractivity contribution is 7.89. The van der Waals surface area contributed by atoms with E-state index >= 15 is 0 Å². The van der Waals surface area contributed by atoms with Gasteiger partial charge in [0.2, 0.25) is 10.0 Å². The minimum atomic E-state index is -3.57. The number of aromatic nitrogens is 1. The SMILES string of the molecule is CC(C)N(C)S(=O)(=O)c1ccc(C(=O)Nc2cc(CN(C)C)ccn2)cc1. The molecule has 27 heavy (non-hydrogen) atoms. The Morgan fingerprint density at radius 3 is 2.30 bits per heavy atom. The number of nitrogens with zero attached hydrogens (tertiary/aromatic N) is 3. The minimum Gasteiger partial charge on any atom is -0.307 e. The fourth-order valence-electron chi connectivity index (χ4n) is 2.42. The van der Waals surface area contributed by atoms with Crippen molar-refractivity contribution in [1.82, 2.24) is 14.2 Å². The predicted molar refractivity (Wildman–Crippen MR) is 106 cm³/mol. The molecule has 0 fully saturated rings. The normalized spacial score (nSPS) is 12.0. The van der Waals surface area contributed by atoms with Crippen molar-refractivity contribution in [2.24, 2.45) is 0 Å². The van der Waals surface area contributed by atoms with Crippen molar-refractivity contribution >= 4 is 21.7 Å². The van der Waals surface area contributed by atoms with Gasteiger partial charge in [0.15, 0.2) is 0 Å². The lowest BCUT2D eigenvalue weighted by molar-refractivity contribution is 0.102. The third kappa shape index (κ3) is 5.35. The summed E-state index contributed by atoms with van der Waals surface area (Å²) in [5.74, 6) is 0.112. The number of rotatable bonds is 7. The Balaban J connectivity index is 2.14. The van der Waals surface area contributed by atoms with Crippen LogP contribution in [-0.4, -0.2) is 55.7 Å². The van der Waals surface area contributed by atoms with E-state index in [1.807, 2.05) is 31.1 Å². The van der Waals surface area contributed by atoms with Gasteiger partial charge in [-0.2, -0.15) is 4.31 Å². The highest BCUT2D eigenvalue weighted by Gasteiger charge is 2.23. The molecule has 8 heteroatoms. The van der Waals surface area contributed by atoms with Gasteiger partial charge in [-0.15, -0.1) is 0 Å². The van der Waals surface area contributed by atoms with Crippen LogP contribution in [0, 0.1) is 0 Å². The molecule has 1 amide bonds. The molecule has 146 valence electrons. The standard InChI is InChI=1S/C19H26N4O3S/c1-14(2)23(5)27(25,26)17-8-6-16(7-9-17)19(24)21-18-12-15(10-11-20-18)13-22(3)4/h6-12,14H,13H2,1-5H3,(H,20,21,24). The number of carbonyl (C=O) groups excluding carboxylic acids is 1. The van der Waals surface area contributed by atoms with Crippen LogP contribution in [0.5, 0.6) is 0 Å². The molecule has 0 unspecified atom stereocenters. The first-order valence-corrected chi connectivity index (χ1v) is 10.0. The van der Waals surface area contributed by atoms with Crippen LogP contribution in [0.25, 0.3) is 0 Å². The molecular formula is C19H26N4O3S. The summed E-state index contributed by atoms with van der Waals surface area (Å²) in [5.41, 5.74) is 1.39. The molecule has 0 aliphatic rings. The number of sulfonamides is 1. The number of carbonyl (C=O) groups is 1. The van der Waals surface area contributed by atoms with Crippen LogP contribution >= 0.6 is 0 Å². The average Bonchev–Trinajstić information content (AvgIpc) is 2.60. The number of benzene rings is 1. The van der Waals surface area contributed by atoms with Crippen LogP contribution < -0.4 is 5.32 Å². The van der Waals surface area contributed by atoms with Gasteiger partial charge in [-0.1, -0.05) is 0 Å². The number of hydrogen-bond acceptors (Lipinski definition) is 5. The highest BCUT2D eigenvalue weighted by atomic mass is 32.2. The summed E-state index contributed by atoms with van der Waals surface area (Å²) in [4.78, 5) is 18.8. The summed E-state index contributed by atoms with van der Waals surface area (Å²) in [7, 11) is 1.89. The summed E-state index contributed by atoms with van der Waals surface area (Å²) in [6.45, 7) is 4.34. The first-order chi connectivity index (χ1) is 12.6. The van der Waals surface area contributed by atoms with E-state index in [-0.39, 0.29) is 16.8 Å². The maximum absolute atomic E-state index is 12.5. The molecule has 2 rings (SSSR count). The Morgan fingerprint density at radius 1 is 1.11 bits per heavy atom. The molecule has 0 saturated heterocycles. The van der Waals surface area contributed by atoms with Gasteiger partial charge in [0.1, 0.15) is 5.82 Å². The van der Waals surface area contributed by atoms with Crippen molar-refractivity contribution in [3.63, 3.8) is 0 Å². The third-order valence-corrected chi connectivity index (χ3v) is 6.13. The van der Waals surface area contributed by atoms with E-state index < -0.39 is 10.0 Å². The predicted octanol–water partition coefficient (Wildman–Crippen LogP) is 2.42. The quantitative estimate of drug-likeness (QED) is 0.785. The molecule has 0 saturated carbocycles. The Hall–Kier alpha value is -2.29. The first-order valence-electron chi connectivity index (χ1n) is 8.60. The number of anilines is 1. The molecule has 1 aromatic carbocycles. The molecule has 2 aromatic rings. The minimum absolute atomic E-state index is 0.154. The lowest BCUT2D eigenvalue weighted by atomic mass is 10.2. The van der Waals surface area contributed by atoms with Crippen LogP contribution in [0.3, 0.4) is 0 Å². The van der Waals surface area contributed by atoms with E-state index in [1.165, 1.54) is 35.6 Å². The lowest BCUT2D eigenvalue weighted by Crippen LogP contribution is -2.33. The van der Waals surface area contributed by atoms with Gasteiger partial charge in [-0.25, -0.2) is 13.4 Å². The highest BCUT2D eigenvalue weighted by Crippen LogP contribution is 2.18. The van der Waals surface area contributed by atoms with Gasteiger partial charge in [0.25, 0.3) is 5.91 Å². The smallest absolute Gasteiger partial charge is 0.256 e. The van der Waals surface area contributed by atoms with Gasteiger partial charge >= 0.3 is 0 Å². The van der Waals surface area contributed by atoms with Crippen LogP contribution in [0.2, 0.25) is 0 Å². The summed E-state index contributed by atoms with van der Waals surface area (Å²) in [6, 6.07) is 9.44. The van der Waals surface area contributed by atoms with Crippen molar-refractivity contribution in [2.45, 2.75) is 31.3 Å². The van der Waals surface area contributed by atoms with Crippen LogP contribution in [0.1, 0.15) is 29.8 Å². The van der Waals surface area contributed by atoms with Gasteiger partial charge in [0, 0.05) is 31.4 Å². The zero-order chi connectivity index (χ0) is 20.2. The van der Waals surface area contributed by atoms with Gasteiger partial charge in [0.05, 0.1) is 4.90 Å². The van der Waals surface area contributed by atoms with E-state index in [0.717, 1.165) is 12.1 Å². The summed E-state index contributed by atoms with van der Waals surface area (Å²) < 4.78 is 26.3. The molecule has 0 spiro atoms. The van der Waals surface area contributed by atoms with Crippen molar-refractivity contribution in [3.05, 3.63) is 53.7 Å². The molecule has 1 N–H and O–H groups in total. The Labute approximate surface area is 161 Å². The fraction of sp³-hybridized carbons (Fsp3) is 0.368. The summed E-state index contributed by atoms with van der Waals surface area (Å²) in [6.07, 6.45) is 1.64. The third-order valence-electron chi connectivity index (χ3n) is 4.09. The molecule has 0 aliphatic carbocycles. The van der Waals surface area contributed by atoms with Crippen LogP contribution in [-0.2, 0) is 16.6 Å². The Bertz CT molecular complexity index is 893. The van der Waals surface area contributed by atoms with Crippen LogP contribution in [0.15, 0.2) is 47.5 Å². The second-order valence-electron chi connectivity index (χ2n) is 6.88. The topological polar surface area (TPSA) is 82.6 Å². The maximum atomic E-state index is 12.5. The zero-order valence-electron chi connectivity index (χ0n) is 16.3. The molecule has 7 nitrogen and oxygen atoms in total. The first kappa shape index (κ1) is 21.0. The van der Waals surface area contributed by atoms with Crippen molar-refractivity contribution < 1.29 is 13.2 Å². The molecule has 0 bridgehead atoms. The van der Waals surface area contributed by atoms with Gasteiger partial charge in [-0.05, 0) is 69.9 Å². The number of amides is 1. The number of pyridine rings is 1. The molecule has 0 atom stereocenters. The van der Waals surface area contributed by atoms with E-state index in [0.29, 0.717) is 11.4 Å². The van der Waals surface area contributed by atoms with Crippen LogP contribution in [0.4, 0.5) is 5.82 Å². The zero-order valence-corrected chi connectivity index (χ0v) is 17.1.